The third-order valence-corrected chi connectivity index (χ3v) is 12.6. The van der Waals surface area contributed by atoms with E-state index in [0.29, 0.717) is 0 Å². The van der Waals surface area contributed by atoms with Crippen molar-refractivity contribution in [3.8, 4) is 44.9 Å². The van der Waals surface area contributed by atoms with Gasteiger partial charge in [0, 0.05) is 10.8 Å². The van der Waals surface area contributed by atoms with E-state index in [1.165, 1.54) is 54.9 Å². The van der Waals surface area contributed by atoms with Crippen LogP contribution in [0.2, 0.25) is 0 Å². The minimum absolute atomic E-state index is 0.0739. The zero-order valence-corrected chi connectivity index (χ0v) is 33.5. The predicted molar refractivity (Wildman–Crippen MR) is 250 cm³/mol. The molecule has 1 aliphatic rings. The van der Waals surface area contributed by atoms with Crippen molar-refractivity contribution >= 4 is 43.1 Å². The van der Waals surface area contributed by atoms with Crippen molar-refractivity contribution in [1.82, 2.24) is 0 Å². The highest BCUT2D eigenvalue weighted by atomic mass is 16.5. The van der Waals surface area contributed by atoms with Gasteiger partial charge >= 0.3 is 0 Å². The Labute approximate surface area is 354 Å². The first-order valence-electron chi connectivity index (χ1n) is 21.0. The first-order valence-corrected chi connectivity index (χ1v) is 21.0. The molecular formula is C57H42O4. The largest absolute Gasteiger partial charge is 0.491 e. The van der Waals surface area contributed by atoms with Crippen LogP contribution in [0, 0.1) is 0 Å². The monoisotopic (exact) mass is 790 g/mol. The lowest BCUT2D eigenvalue weighted by Gasteiger charge is -2.36. The molecule has 11 rings (SSSR count). The maximum atomic E-state index is 9.79. The minimum Gasteiger partial charge on any atom is -0.491 e. The smallest absolute Gasteiger partial charge is 0.127 e. The highest BCUT2D eigenvalue weighted by Gasteiger charge is 2.48. The summed E-state index contributed by atoms with van der Waals surface area (Å²) < 4.78 is 12.4. The van der Waals surface area contributed by atoms with Gasteiger partial charge < -0.3 is 19.7 Å². The van der Waals surface area contributed by atoms with Crippen molar-refractivity contribution < 1.29 is 19.7 Å². The minimum atomic E-state index is -0.802. The molecular weight excluding hydrogens is 749 g/mol. The second-order valence-corrected chi connectivity index (χ2v) is 15.8. The number of ether oxygens (including phenoxy) is 2. The number of hydrogen-bond acceptors (Lipinski definition) is 4. The molecule has 10 aromatic rings. The molecule has 4 heteroatoms. The Kier molecular flexibility index (Phi) is 9.11. The molecule has 0 unspecified atom stereocenters. The van der Waals surface area contributed by atoms with Gasteiger partial charge in [-0.25, -0.2) is 0 Å². The molecule has 0 spiro atoms. The lowest BCUT2D eigenvalue weighted by atomic mass is 9.65. The molecule has 10 aromatic carbocycles. The van der Waals surface area contributed by atoms with Gasteiger partial charge in [0.25, 0.3) is 0 Å². The summed E-state index contributed by atoms with van der Waals surface area (Å²) in [5.41, 5.74) is 10.9. The maximum absolute atomic E-state index is 9.79. The van der Waals surface area contributed by atoms with E-state index in [9.17, 15) is 10.2 Å². The summed E-state index contributed by atoms with van der Waals surface area (Å²) in [6.45, 7) is 0.257. The van der Waals surface area contributed by atoms with Crippen LogP contribution in [0.3, 0.4) is 0 Å². The summed E-state index contributed by atoms with van der Waals surface area (Å²) >= 11 is 0. The van der Waals surface area contributed by atoms with Gasteiger partial charge in [0.15, 0.2) is 0 Å². The second kappa shape index (κ2) is 15.1. The summed E-state index contributed by atoms with van der Waals surface area (Å²) in [5, 5.41) is 28.5. The number of hydrogen-bond donors (Lipinski definition) is 2. The molecule has 1 aliphatic carbocycles. The van der Waals surface area contributed by atoms with E-state index < -0.39 is 5.41 Å². The van der Waals surface area contributed by atoms with Crippen LogP contribution >= 0.6 is 0 Å². The van der Waals surface area contributed by atoms with E-state index in [-0.39, 0.29) is 26.4 Å². The summed E-state index contributed by atoms with van der Waals surface area (Å²) in [6.07, 6.45) is 0. The molecule has 2 N–H and O–H groups in total. The lowest BCUT2D eigenvalue weighted by molar-refractivity contribution is 0.203. The van der Waals surface area contributed by atoms with Crippen LogP contribution in [0.1, 0.15) is 22.3 Å². The predicted octanol–water partition coefficient (Wildman–Crippen LogP) is 12.7. The molecule has 294 valence electrons. The van der Waals surface area contributed by atoms with Crippen molar-refractivity contribution in [2.75, 3.05) is 26.4 Å². The van der Waals surface area contributed by atoms with Crippen molar-refractivity contribution in [2.45, 2.75) is 5.41 Å². The normalized spacial score (nSPS) is 12.8. The highest BCUT2D eigenvalue weighted by molar-refractivity contribution is 6.05. The van der Waals surface area contributed by atoms with Gasteiger partial charge in [-0.15, -0.1) is 0 Å². The Morgan fingerprint density at radius 1 is 0.328 bits per heavy atom. The first kappa shape index (κ1) is 36.8. The SMILES string of the molecule is OCCOc1ccc(C2(c3ccc(OCCO)c4ccccc34)c3ccc(-c4cccc5ccccc45)cc3-c3cc(-c4cccc5ccccc45)ccc32)c2ccccc12. The van der Waals surface area contributed by atoms with Crippen molar-refractivity contribution in [1.29, 1.82) is 0 Å². The number of benzene rings is 10. The zero-order chi connectivity index (χ0) is 40.9. The zero-order valence-electron chi connectivity index (χ0n) is 33.5. The Morgan fingerprint density at radius 2 is 0.705 bits per heavy atom. The summed E-state index contributed by atoms with van der Waals surface area (Å²) in [4.78, 5) is 0. The van der Waals surface area contributed by atoms with Gasteiger partial charge in [0.1, 0.15) is 24.7 Å². The molecule has 0 atom stereocenters. The number of aliphatic hydroxyl groups is 2. The molecule has 4 nitrogen and oxygen atoms in total. The first-order chi connectivity index (χ1) is 30.2. The van der Waals surface area contributed by atoms with Crippen LogP contribution in [0.25, 0.3) is 76.5 Å². The Hall–Kier alpha value is -7.24. The summed E-state index contributed by atoms with van der Waals surface area (Å²) in [7, 11) is 0. The van der Waals surface area contributed by atoms with E-state index in [4.69, 9.17) is 9.47 Å². The Balaban J connectivity index is 1.28. The van der Waals surface area contributed by atoms with Crippen LogP contribution < -0.4 is 9.47 Å². The summed E-state index contributed by atoms with van der Waals surface area (Å²) in [5.74, 6) is 1.47. The molecule has 0 fully saturated rings. The number of fused-ring (bicyclic) bond motifs is 7. The van der Waals surface area contributed by atoms with Gasteiger partial charge in [0.2, 0.25) is 0 Å². The molecule has 0 bridgehead atoms. The van der Waals surface area contributed by atoms with Crippen molar-refractivity contribution in [2.24, 2.45) is 0 Å². The summed E-state index contributed by atoms with van der Waals surface area (Å²) in [6, 6.07) is 70.1. The molecule has 0 aliphatic heterocycles. The molecule has 0 amide bonds. The third kappa shape index (κ3) is 5.83. The molecule has 0 heterocycles. The third-order valence-electron chi connectivity index (χ3n) is 12.6. The number of aliphatic hydroxyl groups excluding tert-OH is 2. The number of rotatable bonds is 10. The van der Waals surface area contributed by atoms with E-state index >= 15 is 0 Å². The van der Waals surface area contributed by atoms with Crippen molar-refractivity contribution in [3.05, 3.63) is 216 Å². The molecule has 0 saturated heterocycles. The van der Waals surface area contributed by atoms with Crippen molar-refractivity contribution in [3.63, 3.8) is 0 Å². The molecule has 0 aromatic heterocycles. The Morgan fingerprint density at radius 3 is 1.15 bits per heavy atom. The fourth-order valence-electron chi connectivity index (χ4n) is 10.1. The maximum Gasteiger partial charge on any atom is 0.127 e. The van der Waals surface area contributed by atoms with Crippen LogP contribution in [0.4, 0.5) is 0 Å². The van der Waals surface area contributed by atoms with Crippen LogP contribution in [0.15, 0.2) is 194 Å². The van der Waals surface area contributed by atoms with Gasteiger partial charge in [-0.05, 0) is 112 Å². The fourth-order valence-corrected chi connectivity index (χ4v) is 10.1. The molecule has 0 saturated carbocycles. The van der Waals surface area contributed by atoms with Gasteiger partial charge in [-0.2, -0.15) is 0 Å². The average Bonchev–Trinajstić information content (AvgIpc) is 3.61. The average molecular weight is 791 g/mol. The molecule has 61 heavy (non-hydrogen) atoms. The highest BCUT2D eigenvalue weighted by Crippen LogP contribution is 2.60. The topological polar surface area (TPSA) is 58.9 Å². The lowest BCUT2D eigenvalue weighted by Crippen LogP contribution is -2.29. The fraction of sp³-hybridized carbons (Fsp3) is 0.0877. The van der Waals surface area contributed by atoms with E-state index in [2.05, 4.69) is 194 Å². The standard InChI is InChI=1S/C57H42O4/c58-31-33-60-55-29-27-51(45-17-5-7-19-47(45)55)57(52-28-30-56(61-34-32-59)48-20-8-6-18-46(48)52)53-25-23-39(43-21-9-13-37-11-1-3-15-41(37)43)35-49(53)50-36-40(24-26-54(50)57)44-22-10-14-38-12-2-4-16-42(38)44/h1-30,35-36,58-59H,31-34H2. The van der Waals surface area contributed by atoms with Gasteiger partial charge in [-0.1, -0.05) is 170 Å². The van der Waals surface area contributed by atoms with Crippen LogP contribution in [-0.2, 0) is 5.41 Å². The van der Waals surface area contributed by atoms with Crippen LogP contribution in [-0.4, -0.2) is 36.6 Å². The van der Waals surface area contributed by atoms with E-state index in [1.54, 1.807) is 0 Å². The van der Waals surface area contributed by atoms with Gasteiger partial charge in [0.05, 0.1) is 18.6 Å². The molecule has 0 radical (unpaired) electrons. The van der Waals surface area contributed by atoms with E-state index in [0.717, 1.165) is 55.3 Å². The van der Waals surface area contributed by atoms with E-state index in [1.807, 2.05) is 0 Å². The quantitative estimate of drug-likeness (QED) is 0.145. The van der Waals surface area contributed by atoms with Gasteiger partial charge in [-0.3, -0.25) is 0 Å². The Bertz CT molecular complexity index is 3080. The second-order valence-electron chi connectivity index (χ2n) is 15.8. The van der Waals surface area contributed by atoms with Crippen LogP contribution in [0.5, 0.6) is 11.5 Å².